The van der Waals surface area contributed by atoms with E-state index in [-0.39, 0.29) is 9.92 Å². The van der Waals surface area contributed by atoms with Gasteiger partial charge in [0.05, 0.1) is 15.2 Å². The van der Waals surface area contributed by atoms with Crippen molar-refractivity contribution in [2.45, 2.75) is 17.1 Å². The predicted octanol–water partition coefficient (Wildman–Crippen LogP) is 3.46. The zero-order chi connectivity index (χ0) is 14.0. The van der Waals surface area contributed by atoms with Crippen LogP contribution in [-0.4, -0.2) is 8.42 Å². The van der Waals surface area contributed by atoms with Crippen LogP contribution in [0.25, 0.3) is 0 Å². The Kier molecular flexibility index (Phi) is 3.83. The summed E-state index contributed by atoms with van der Waals surface area (Å²) in [6.45, 7) is 1.64. The monoisotopic (exact) mass is 295 g/mol. The molecule has 2 N–H and O–H groups in total. The van der Waals surface area contributed by atoms with Crippen LogP contribution in [0, 0.1) is 0 Å². The van der Waals surface area contributed by atoms with Crippen molar-refractivity contribution in [3.63, 3.8) is 0 Å². The average Bonchev–Trinajstić information content (AvgIpc) is 2.41. The first-order chi connectivity index (χ1) is 8.93. The van der Waals surface area contributed by atoms with E-state index >= 15 is 0 Å². The molecule has 0 aliphatic heterocycles. The molecule has 0 spiro atoms. The van der Waals surface area contributed by atoms with Gasteiger partial charge in [-0.3, -0.25) is 0 Å². The summed E-state index contributed by atoms with van der Waals surface area (Å²) < 4.78 is 25.1. The topological polar surface area (TPSA) is 60.2 Å². The smallest absolute Gasteiger partial charge is 0.186 e. The quantitative estimate of drug-likeness (QED) is 0.882. The Balaban J connectivity index is 2.51. The minimum absolute atomic E-state index is 0.0746. The molecule has 0 fully saturated rings. The lowest BCUT2D eigenvalue weighted by Crippen LogP contribution is -2.11. The molecule has 2 aromatic carbocycles. The Morgan fingerprint density at radius 1 is 1.11 bits per heavy atom. The van der Waals surface area contributed by atoms with Crippen molar-refractivity contribution in [1.82, 2.24) is 0 Å². The summed E-state index contributed by atoms with van der Waals surface area (Å²) in [5.74, 6) is 0. The third-order valence-corrected chi connectivity index (χ3v) is 5.59. The summed E-state index contributed by atoms with van der Waals surface area (Å²) in [4.78, 5) is 0.0746. The fraction of sp³-hybridized carbons (Fsp3) is 0.143. The molecule has 19 heavy (non-hydrogen) atoms. The Bertz CT molecular complexity index is 684. The van der Waals surface area contributed by atoms with Crippen LogP contribution in [0.2, 0.25) is 5.02 Å². The van der Waals surface area contributed by atoms with Crippen LogP contribution >= 0.6 is 11.6 Å². The molecule has 0 heterocycles. The number of hydrogen-bond acceptors (Lipinski definition) is 3. The molecular weight excluding hydrogens is 282 g/mol. The molecule has 2 aromatic rings. The van der Waals surface area contributed by atoms with E-state index in [0.717, 1.165) is 5.56 Å². The molecule has 0 saturated carbocycles. The van der Waals surface area contributed by atoms with Crippen LogP contribution in [0.1, 0.15) is 17.7 Å². The first-order valence-corrected chi connectivity index (χ1v) is 7.69. The second-order valence-electron chi connectivity index (χ2n) is 4.29. The average molecular weight is 296 g/mol. The lowest BCUT2D eigenvalue weighted by molar-refractivity contribution is 0.586. The summed E-state index contributed by atoms with van der Waals surface area (Å²) in [5.41, 5.74) is 6.74. The standard InChI is InChI=1S/C14H14ClNO2S/c1-10(11-5-3-2-4-6-11)19(17,18)14-9-12(16)7-8-13(14)15/h2-10H,16H2,1H3. The van der Waals surface area contributed by atoms with Crippen molar-refractivity contribution in [2.24, 2.45) is 0 Å². The van der Waals surface area contributed by atoms with Gasteiger partial charge in [-0.15, -0.1) is 0 Å². The van der Waals surface area contributed by atoms with Gasteiger partial charge in [0.25, 0.3) is 0 Å². The fourth-order valence-corrected chi connectivity index (χ4v) is 3.81. The number of sulfone groups is 1. The molecule has 1 unspecified atom stereocenters. The number of nitrogen functional groups attached to an aromatic ring is 1. The number of nitrogens with two attached hydrogens (primary N) is 1. The number of rotatable bonds is 3. The molecule has 0 bridgehead atoms. The first kappa shape index (κ1) is 13.9. The second-order valence-corrected chi connectivity index (χ2v) is 6.93. The molecule has 0 amide bonds. The normalized spacial score (nSPS) is 13.2. The largest absolute Gasteiger partial charge is 0.399 e. The Morgan fingerprint density at radius 3 is 2.37 bits per heavy atom. The predicted molar refractivity (Wildman–Crippen MR) is 77.9 cm³/mol. The molecular formula is C14H14ClNO2S. The third kappa shape index (κ3) is 2.74. The van der Waals surface area contributed by atoms with Gasteiger partial charge >= 0.3 is 0 Å². The van der Waals surface area contributed by atoms with Crippen molar-refractivity contribution in [2.75, 3.05) is 5.73 Å². The molecule has 0 aliphatic rings. The summed E-state index contributed by atoms with van der Waals surface area (Å²) >= 11 is 5.98. The lowest BCUT2D eigenvalue weighted by atomic mass is 10.2. The molecule has 5 heteroatoms. The number of hydrogen-bond donors (Lipinski definition) is 1. The van der Waals surface area contributed by atoms with E-state index in [1.807, 2.05) is 18.2 Å². The van der Waals surface area contributed by atoms with E-state index in [0.29, 0.717) is 5.69 Å². The van der Waals surface area contributed by atoms with E-state index in [1.165, 1.54) is 12.1 Å². The zero-order valence-corrected chi connectivity index (χ0v) is 11.9. The van der Waals surface area contributed by atoms with Gasteiger partial charge in [0, 0.05) is 5.69 Å². The minimum Gasteiger partial charge on any atom is -0.399 e. The van der Waals surface area contributed by atoms with Gasteiger partial charge in [-0.25, -0.2) is 8.42 Å². The number of benzene rings is 2. The third-order valence-electron chi connectivity index (χ3n) is 3.00. The Labute approximate surface area is 117 Å². The number of halogens is 1. The molecule has 0 radical (unpaired) electrons. The van der Waals surface area contributed by atoms with Crippen LogP contribution in [-0.2, 0) is 9.84 Å². The van der Waals surface area contributed by atoms with Gasteiger partial charge in [0.15, 0.2) is 9.84 Å². The highest BCUT2D eigenvalue weighted by Gasteiger charge is 2.27. The van der Waals surface area contributed by atoms with Crippen molar-refractivity contribution >= 4 is 27.1 Å². The van der Waals surface area contributed by atoms with E-state index in [4.69, 9.17) is 17.3 Å². The zero-order valence-electron chi connectivity index (χ0n) is 10.4. The molecule has 0 saturated heterocycles. The van der Waals surface area contributed by atoms with Gasteiger partial charge in [0.1, 0.15) is 0 Å². The van der Waals surface area contributed by atoms with Crippen molar-refractivity contribution in [1.29, 1.82) is 0 Å². The van der Waals surface area contributed by atoms with E-state index in [1.54, 1.807) is 25.1 Å². The SMILES string of the molecule is CC(c1ccccc1)S(=O)(=O)c1cc(N)ccc1Cl. The Morgan fingerprint density at radius 2 is 1.74 bits per heavy atom. The molecule has 1 atom stereocenters. The highest BCUT2D eigenvalue weighted by Crippen LogP contribution is 2.33. The highest BCUT2D eigenvalue weighted by atomic mass is 35.5. The van der Waals surface area contributed by atoms with Crippen LogP contribution in [0.5, 0.6) is 0 Å². The molecule has 3 nitrogen and oxygen atoms in total. The first-order valence-electron chi connectivity index (χ1n) is 5.77. The summed E-state index contributed by atoms with van der Waals surface area (Å²) in [5, 5.41) is -0.481. The summed E-state index contributed by atoms with van der Waals surface area (Å²) in [6, 6.07) is 13.5. The van der Waals surface area contributed by atoms with Gasteiger partial charge in [-0.1, -0.05) is 41.9 Å². The van der Waals surface area contributed by atoms with Crippen LogP contribution in [0.4, 0.5) is 5.69 Å². The van der Waals surface area contributed by atoms with E-state index in [9.17, 15) is 8.42 Å². The van der Waals surface area contributed by atoms with E-state index in [2.05, 4.69) is 0 Å². The molecule has 100 valence electrons. The van der Waals surface area contributed by atoms with Gasteiger partial charge in [-0.05, 0) is 30.7 Å². The Hall–Kier alpha value is -1.52. The molecule has 0 aromatic heterocycles. The molecule has 2 rings (SSSR count). The van der Waals surface area contributed by atoms with Crippen molar-refractivity contribution in [3.8, 4) is 0 Å². The van der Waals surface area contributed by atoms with E-state index < -0.39 is 15.1 Å². The maximum Gasteiger partial charge on any atom is 0.186 e. The maximum atomic E-state index is 12.6. The summed E-state index contributed by atoms with van der Waals surface area (Å²) in [6.07, 6.45) is 0. The van der Waals surface area contributed by atoms with Gasteiger partial charge < -0.3 is 5.73 Å². The van der Waals surface area contributed by atoms with Crippen molar-refractivity contribution in [3.05, 3.63) is 59.1 Å². The maximum absolute atomic E-state index is 12.6. The summed E-state index contributed by atoms with van der Waals surface area (Å²) in [7, 11) is -3.56. The van der Waals surface area contributed by atoms with Gasteiger partial charge in [-0.2, -0.15) is 0 Å². The highest BCUT2D eigenvalue weighted by molar-refractivity contribution is 7.91. The second kappa shape index (κ2) is 5.23. The number of anilines is 1. The fourth-order valence-electron chi connectivity index (χ4n) is 1.83. The lowest BCUT2D eigenvalue weighted by Gasteiger charge is -2.14. The minimum atomic E-state index is -3.56. The van der Waals surface area contributed by atoms with Crippen molar-refractivity contribution < 1.29 is 8.42 Å². The van der Waals surface area contributed by atoms with Crippen LogP contribution < -0.4 is 5.73 Å². The van der Waals surface area contributed by atoms with Crippen LogP contribution in [0.3, 0.4) is 0 Å². The van der Waals surface area contributed by atoms with Crippen LogP contribution in [0.15, 0.2) is 53.4 Å². The van der Waals surface area contributed by atoms with Gasteiger partial charge in [0.2, 0.25) is 0 Å². The molecule has 0 aliphatic carbocycles.